The fourth-order valence-electron chi connectivity index (χ4n) is 1.83. The average molecular weight is 291 g/mol. The lowest BCUT2D eigenvalue weighted by Gasteiger charge is -2.17. The van der Waals surface area contributed by atoms with E-state index in [1.165, 1.54) is 7.11 Å². The number of ether oxygens (including phenoxy) is 2. The quantitative estimate of drug-likeness (QED) is 0.791. The molecule has 0 heterocycles. The Morgan fingerprint density at radius 1 is 1.10 bits per heavy atom. The molecule has 3 nitrogen and oxygen atoms in total. The molecule has 0 aliphatic carbocycles. The molecule has 2 aromatic carbocycles. The Kier molecular flexibility index (Phi) is 5.02. The molecule has 1 unspecified atom stereocenters. The number of benzene rings is 2. The van der Waals surface area contributed by atoms with Crippen molar-refractivity contribution in [2.45, 2.75) is 12.5 Å². The molecule has 0 fully saturated rings. The molecule has 1 atom stereocenters. The van der Waals surface area contributed by atoms with Gasteiger partial charge in [0.15, 0.2) is 6.10 Å². The van der Waals surface area contributed by atoms with Gasteiger partial charge in [0.1, 0.15) is 5.75 Å². The highest BCUT2D eigenvalue weighted by Crippen LogP contribution is 2.20. The van der Waals surface area contributed by atoms with Crippen LogP contribution in [0.3, 0.4) is 0 Å². The Hall–Kier alpha value is -2.00. The molecule has 4 heteroatoms. The van der Waals surface area contributed by atoms with Crippen molar-refractivity contribution in [2.24, 2.45) is 0 Å². The Balaban J connectivity index is 2.16. The summed E-state index contributed by atoms with van der Waals surface area (Å²) in [6.07, 6.45) is -0.358. The van der Waals surface area contributed by atoms with Crippen molar-refractivity contribution in [1.29, 1.82) is 0 Å². The zero-order valence-electron chi connectivity index (χ0n) is 11.1. The molecule has 2 aromatic rings. The molecular formula is C16H15ClO3. The lowest BCUT2D eigenvalue weighted by atomic mass is 10.1. The topological polar surface area (TPSA) is 35.5 Å². The first-order chi connectivity index (χ1) is 9.70. The normalized spacial score (nSPS) is 11.7. The molecule has 0 spiro atoms. The Bertz CT molecular complexity index is 569. The molecule has 20 heavy (non-hydrogen) atoms. The van der Waals surface area contributed by atoms with E-state index in [2.05, 4.69) is 0 Å². The Morgan fingerprint density at radius 3 is 2.40 bits per heavy atom. The molecule has 0 aromatic heterocycles. The highest BCUT2D eigenvalue weighted by Gasteiger charge is 2.22. The highest BCUT2D eigenvalue weighted by molar-refractivity contribution is 6.31. The van der Waals surface area contributed by atoms with Crippen molar-refractivity contribution < 1.29 is 14.3 Å². The van der Waals surface area contributed by atoms with Crippen LogP contribution in [0.5, 0.6) is 5.75 Å². The van der Waals surface area contributed by atoms with Crippen LogP contribution in [0, 0.1) is 0 Å². The first-order valence-electron chi connectivity index (χ1n) is 6.23. The second-order valence-electron chi connectivity index (χ2n) is 4.24. The van der Waals surface area contributed by atoms with Gasteiger partial charge in [-0.2, -0.15) is 0 Å². The first-order valence-corrected chi connectivity index (χ1v) is 6.61. The summed E-state index contributed by atoms with van der Waals surface area (Å²) in [7, 11) is 1.34. The second kappa shape index (κ2) is 6.96. The van der Waals surface area contributed by atoms with Crippen LogP contribution >= 0.6 is 11.6 Å². The van der Waals surface area contributed by atoms with Crippen molar-refractivity contribution in [3.05, 3.63) is 65.2 Å². The molecule has 0 N–H and O–H groups in total. The zero-order chi connectivity index (χ0) is 14.4. The highest BCUT2D eigenvalue weighted by atomic mass is 35.5. The predicted octanol–water partition coefficient (Wildman–Crippen LogP) is 3.50. The third-order valence-corrected chi connectivity index (χ3v) is 3.22. The van der Waals surface area contributed by atoms with E-state index in [1.807, 2.05) is 36.4 Å². The van der Waals surface area contributed by atoms with Crippen LogP contribution in [0.1, 0.15) is 5.56 Å². The van der Waals surface area contributed by atoms with Crippen molar-refractivity contribution in [1.82, 2.24) is 0 Å². The monoisotopic (exact) mass is 290 g/mol. The summed E-state index contributed by atoms with van der Waals surface area (Å²) in [5, 5.41) is 0.609. The van der Waals surface area contributed by atoms with Gasteiger partial charge in [0.2, 0.25) is 0 Å². The minimum absolute atomic E-state index is 0.362. The van der Waals surface area contributed by atoms with Crippen molar-refractivity contribution >= 4 is 17.6 Å². The maximum atomic E-state index is 11.8. The Labute approximate surface area is 123 Å². The number of esters is 1. The number of para-hydroxylation sites is 1. The van der Waals surface area contributed by atoms with E-state index in [0.29, 0.717) is 17.2 Å². The van der Waals surface area contributed by atoms with E-state index in [0.717, 1.165) is 5.56 Å². The molecule has 0 aliphatic heterocycles. The van der Waals surface area contributed by atoms with E-state index in [4.69, 9.17) is 21.1 Å². The molecule has 0 bridgehead atoms. The maximum absolute atomic E-state index is 11.8. The van der Waals surface area contributed by atoms with Gasteiger partial charge >= 0.3 is 5.97 Å². The number of rotatable bonds is 5. The van der Waals surface area contributed by atoms with E-state index < -0.39 is 12.1 Å². The number of halogens is 1. The van der Waals surface area contributed by atoms with Gasteiger partial charge in [0.25, 0.3) is 0 Å². The average Bonchev–Trinajstić information content (AvgIpc) is 2.49. The van der Waals surface area contributed by atoms with Gasteiger partial charge in [0, 0.05) is 11.4 Å². The minimum atomic E-state index is -0.720. The van der Waals surface area contributed by atoms with Crippen LogP contribution in [-0.2, 0) is 16.0 Å². The summed E-state index contributed by atoms with van der Waals surface area (Å²) in [4.78, 5) is 11.8. The molecule has 0 amide bonds. The molecule has 0 saturated carbocycles. The van der Waals surface area contributed by atoms with Crippen LogP contribution in [-0.4, -0.2) is 19.2 Å². The first kappa shape index (κ1) is 14.4. The van der Waals surface area contributed by atoms with Crippen molar-refractivity contribution in [3.63, 3.8) is 0 Å². The van der Waals surface area contributed by atoms with Gasteiger partial charge in [-0.05, 0) is 23.8 Å². The molecule has 0 aliphatic rings. The number of hydrogen-bond acceptors (Lipinski definition) is 3. The molecular weight excluding hydrogens is 276 g/mol. The smallest absolute Gasteiger partial charge is 0.347 e. The van der Waals surface area contributed by atoms with E-state index in [1.54, 1.807) is 18.2 Å². The fourth-order valence-corrected chi connectivity index (χ4v) is 2.04. The van der Waals surface area contributed by atoms with Gasteiger partial charge < -0.3 is 9.47 Å². The van der Waals surface area contributed by atoms with Gasteiger partial charge in [0.05, 0.1) is 7.11 Å². The fraction of sp³-hybridized carbons (Fsp3) is 0.188. The summed E-state index contributed by atoms with van der Waals surface area (Å²) in [6.45, 7) is 0. The standard InChI is InChI=1S/C16H15ClO3/c1-19-16(18)15(20-13-8-3-2-4-9-13)11-12-7-5-6-10-14(12)17/h2-10,15H,11H2,1H3. The summed E-state index contributed by atoms with van der Waals surface area (Å²) in [5.41, 5.74) is 0.848. The minimum Gasteiger partial charge on any atom is -0.478 e. The maximum Gasteiger partial charge on any atom is 0.347 e. The summed E-state index contributed by atoms with van der Waals surface area (Å²) < 4.78 is 10.5. The number of carbonyl (C=O) groups excluding carboxylic acids is 1. The molecule has 0 saturated heterocycles. The van der Waals surface area contributed by atoms with Crippen molar-refractivity contribution in [3.8, 4) is 5.75 Å². The third kappa shape index (κ3) is 3.75. The summed E-state index contributed by atoms with van der Waals surface area (Å²) >= 11 is 6.11. The van der Waals surface area contributed by atoms with Gasteiger partial charge in [-0.1, -0.05) is 48.0 Å². The lowest BCUT2D eigenvalue weighted by Crippen LogP contribution is -2.31. The Morgan fingerprint density at radius 2 is 1.75 bits per heavy atom. The van der Waals surface area contributed by atoms with E-state index in [9.17, 15) is 4.79 Å². The van der Waals surface area contributed by atoms with Crippen LogP contribution in [0.4, 0.5) is 0 Å². The van der Waals surface area contributed by atoms with Crippen LogP contribution in [0.15, 0.2) is 54.6 Å². The van der Waals surface area contributed by atoms with Gasteiger partial charge in [-0.15, -0.1) is 0 Å². The van der Waals surface area contributed by atoms with Crippen LogP contribution in [0.25, 0.3) is 0 Å². The zero-order valence-corrected chi connectivity index (χ0v) is 11.8. The second-order valence-corrected chi connectivity index (χ2v) is 4.65. The lowest BCUT2D eigenvalue weighted by molar-refractivity contribution is -0.148. The largest absolute Gasteiger partial charge is 0.478 e. The van der Waals surface area contributed by atoms with Crippen molar-refractivity contribution in [2.75, 3.05) is 7.11 Å². The molecule has 2 rings (SSSR count). The number of carbonyl (C=O) groups is 1. The summed E-state index contributed by atoms with van der Waals surface area (Å²) in [5.74, 6) is 0.198. The SMILES string of the molecule is COC(=O)C(Cc1ccccc1Cl)Oc1ccccc1. The van der Waals surface area contributed by atoms with Gasteiger partial charge in [-0.3, -0.25) is 0 Å². The van der Waals surface area contributed by atoms with E-state index in [-0.39, 0.29) is 0 Å². The van der Waals surface area contributed by atoms with Gasteiger partial charge in [-0.25, -0.2) is 4.79 Å². The predicted molar refractivity (Wildman–Crippen MR) is 78.0 cm³/mol. The van der Waals surface area contributed by atoms with Crippen LogP contribution < -0.4 is 4.74 Å². The van der Waals surface area contributed by atoms with Crippen LogP contribution in [0.2, 0.25) is 5.02 Å². The molecule has 104 valence electrons. The molecule has 0 radical (unpaired) electrons. The third-order valence-electron chi connectivity index (χ3n) is 2.85. The number of methoxy groups -OCH3 is 1. The van der Waals surface area contributed by atoms with E-state index >= 15 is 0 Å². The summed E-state index contributed by atoms with van der Waals surface area (Å²) in [6, 6.07) is 16.5. The number of hydrogen-bond donors (Lipinski definition) is 0.